The highest BCUT2D eigenvalue weighted by atomic mass is 16.3. The molecule has 27 heavy (non-hydrogen) atoms. The summed E-state index contributed by atoms with van der Waals surface area (Å²) in [5.41, 5.74) is 2.71. The maximum absolute atomic E-state index is 12.9. The first-order valence-electron chi connectivity index (χ1n) is 9.26. The summed E-state index contributed by atoms with van der Waals surface area (Å²) in [7, 11) is 0. The van der Waals surface area contributed by atoms with Crippen LogP contribution in [-0.2, 0) is 0 Å². The van der Waals surface area contributed by atoms with Crippen molar-refractivity contribution in [1.82, 2.24) is 4.90 Å². The molecule has 0 bridgehead atoms. The molecule has 1 amide bonds. The lowest BCUT2D eigenvalue weighted by Gasteiger charge is -2.25. The number of para-hydroxylation sites is 2. The van der Waals surface area contributed by atoms with Gasteiger partial charge in [-0.15, -0.1) is 0 Å². The van der Waals surface area contributed by atoms with E-state index in [1.807, 2.05) is 12.1 Å². The Hall–Kier alpha value is -3.08. The Bertz CT molecular complexity index is 1040. The van der Waals surface area contributed by atoms with Gasteiger partial charge < -0.3 is 14.2 Å². The number of fused-ring (bicyclic) bond motifs is 1. The molecule has 5 heteroatoms. The van der Waals surface area contributed by atoms with Gasteiger partial charge in [-0.1, -0.05) is 30.3 Å². The zero-order valence-corrected chi connectivity index (χ0v) is 15.4. The number of benzene rings is 2. The minimum Gasteiger partial charge on any atom is -0.451 e. The Morgan fingerprint density at radius 3 is 2.59 bits per heavy atom. The molecule has 1 aliphatic heterocycles. The molecule has 0 spiro atoms. The molecule has 1 fully saturated rings. The zero-order valence-electron chi connectivity index (χ0n) is 15.4. The van der Waals surface area contributed by atoms with E-state index < -0.39 is 0 Å². The second-order valence-corrected chi connectivity index (χ2v) is 6.89. The van der Waals surface area contributed by atoms with Crippen LogP contribution in [0, 0.1) is 6.92 Å². The van der Waals surface area contributed by atoms with Crippen molar-refractivity contribution < 1.29 is 9.21 Å². The quantitative estimate of drug-likeness (QED) is 0.701. The second-order valence-electron chi connectivity index (χ2n) is 6.89. The normalized spacial score (nSPS) is 15.0. The van der Waals surface area contributed by atoms with Crippen LogP contribution in [0.5, 0.6) is 0 Å². The number of nitrogens with zero attached hydrogens (tertiary/aromatic N) is 2. The topological polar surface area (TPSA) is 53.8 Å². The molecule has 1 saturated heterocycles. The fourth-order valence-corrected chi connectivity index (χ4v) is 3.64. The molecule has 5 nitrogen and oxygen atoms in total. The van der Waals surface area contributed by atoms with E-state index in [9.17, 15) is 9.59 Å². The van der Waals surface area contributed by atoms with Crippen LogP contribution in [0.3, 0.4) is 0 Å². The van der Waals surface area contributed by atoms with Gasteiger partial charge in [-0.3, -0.25) is 9.59 Å². The molecular formula is C22H22N2O3. The first kappa shape index (κ1) is 17.3. The molecule has 0 N–H and O–H groups in total. The Morgan fingerprint density at radius 2 is 1.74 bits per heavy atom. The lowest BCUT2D eigenvalue weighted by atomic mass is 10.2. The highest BCUT2D eigenvalue weighted by Crippen LogP contribution is 2.21. The first-order chi connectivity index (χ1) is 13.1. The van der Waals surface area contributed by atoms with Gasteiger partial charge in [0.25, 0.3) is 5.91 Å². The molecule has 2 heterocycles. The largest absolute Gasteiger partial charge is 0.451 e. The lowest BCUT2D eigenvalue weighted by Crippen LogP contribution is -2.35. The minimum absolute atomic E-state index is 0.114. The predicted octanol–water partition coefficient (Wildman–Crippen LogP) is 3.45. The summed E-state index contributed by atoms with van der Waals surface area (Å²) in [5, 5.41) is 0.496. The van der Waals surface area contributed by atoms with Crippen molar-refractivity contribution in [3.63, 3.8) is 0 Å². The van der Waals surface area contributed by atoms with E-state index in [2.05, 4.69) is 24.0 Å². The Balaban J connectivity index is 1.55. The molecule has 0 unspecified atom stereocenters. The molecule has 1 aliphatic rings. The summed E-state index contributed by atoms with van der Waals surface area (Å²) in [6.45, 7) is 5.01. The van der Waals surface area contributed by atoms with Gasteiger partial charge in [0.05, 0.1) is 5.39 Å². The average Bonchev–Trinajstić information content (AvgIpc) is 2.94. The summed E-state index contributed by atoms with van der Waals surface area (Å²) in [6, 6.07) is 16.6. The number of hydrogen-bond donors (Lipinski definition) is 0. The van der Waals surface area contributed by atoms with Gasteiger partial charge >= 0.3 is 0 Å². The Kier molecular flexibility index (Phi) is 4.67. The van der Waals surface area contributed by atoms with Crippen molar-refractivity contribution in [3.8, 4) is 0 Å². The number of rotatable bonds is 2. The van der Waals surface area contributed by atoms with Crippen molar-refractivity contribution >= 4 is 22.6 Å². The first-order valence-corrected chi connectivity index (χ1v) is 9.26. The van der Waals surface area contributed by atoms with Crippen LogP contribution in [0.2, 0.25) is 0 Å². The summed E-state index contributed by atoms with van der Waals surface area (Å²) in [5.74, 6) is -0.104. The van der Waals surface area contributed by atoms with Crippen molar-refractivity contribution in [2.45, 2.75) is 13.3 Å². The number of hydrogen-bond acceptors (Lipinski definition) is 4. The van der Waals surface area contributed by atoms with Crippen LogP contribution in [0.15, 0.2) is 63.8 Å². The SMILES string of the molecule is Cc1ccccc1N1CCCN(C(=O)c2cc(=O)c3ccccc3o2)CC1. The molecule has 0 radical (unpaired) electrons. The van der Waals surface area contributed by atoms with E-state index in [1.54, 1.807) is 29.2 Å². The number of carbonyl (C=O) groups excluding carboxylic acids is 1. The van der Waals surface area contributed by atoms with Crippen LogP contribution in [-0.4, -0.2) is 37.0 Å². The maximum Gasteiger partial charge on any atom is 0.289 e. The molecule has 0 atom stereocenters. The van der Waals surface area contributed by atoms with Gasteiger partial charge in [-0.2, -0.15) is 0 Å². The van der Waals surface area contributed by atoms with Crippen LogP contribution < -0.4 is 10.3 Å². The highest BCUT2D eigenvalue weighted by molar-refractivity contribution is 5.93. The molecule has 0 aliphatic carbocycles. The van der Waals surface area contributed by atoms with Gasteiger partial charge in [-0.25, -0.2) is 0 Å². The van der Waals surface area contributed by atoms with Gasteiger partial charge in [0.1, 0.15) is 5.58 Å². The van der Waals surface area contributed by atoms with E-state index in [1.165, 1.54) is 17.3 Å². The zero-order chi connectivity index (χ0) is 18.8. The van der Waals surface area contributed by atoms with Crippen molar-refractivity contribution in [3.05, 3.63) is 76.1 Å². The van der Waals surface area contributed by atoms with E-state index in [4.69, 9.17) is 4.42 Å². The van der Waals surface area contributed by atoms with Gasteiger partial charge in [-0.05, 0) is 37.1 Å². The van der Waals surface area contributed by atoms with E-state index in [0.29, 0.717) is 24.1 Å². The van der Waals surface area contributed by atoms with Crippen LogP contribution in [0.25, 0.3) is 11.0 Å². The third kappa shape index (κ3) is 3.45. The van der Waals surface area contributed by atoms with E-state index in [-0.39, 0.29) is 17.1 Å². The average molecular weight is 362 g/mol. The minimum atomic E-state index is -0.218. The molecule has 4 rings (SSSR count). The highest BCUT2D eigenvalue weighted by Gasteiger charge is 2.23. The Labute approximate surface area is 157 Å². The summed E-state index contributed by atoms with van der Waals surface area (Å²) < 4.78 is 5.72. The molecule has 138 valence electrons. The smallest absolute Gasteiger partial charge is 0.289 e. The maximum atomic E-state index is 12.9. The molecule has 2 aromatic carbocycles. The second kappa shape index (κ2) is 7.27. The molecule has 3 aromatic rings. The standard InChI is InChI=1S/C22H22N2O3/c1-16-7-2-4-9-18(16)23-11-6-12-24(14-13-23)22(26)21-15-19(25)17-8-3-5-10-20(17)27-21/h2-5,7-10,15H,6,11-14H2,1H3. The predicted molar refractivity (Wildman–Crippen MR) is 106 cm³/mol. The molecule has 0 saturated carbocycles. The third-order valence-corrected chi connectivity index (χ3v) is 5.08. The van der Waals surface area contributed by atoms with Crippen LogP contribution in [0.4, 0.5) is 5.69 Å². The Morgan fingerprint density at radius 1 is 0.963 bits per heavy atom. The van der Waals surface area contributed by atoms with Gasteiger partial charge in [0.2, 0.25) is 0 Å². The van der Waals surface area contributed by atoms with E-state index >= 15 is 0 Å². The molecule has 1 aromatic heterocycles. The monoisotopic (exact) mass is 362 g/mol. The van der Waals surface area contributed by atoms with Crippen molar-refractivity contribution in [2.75, 3.05) is 31.1 Å². The summed E-state index contributed by atoms with van der Waals surface area (Å²) >= 11 is 0. The molecular weight excluding hydrogens is 340 g/mol. The van der Waals surface area contributed by atoms with Crippen LogP contribution >= 0.6 is 0 Å². The number of carbonyl (C=O) groups is 1. The fourth-order valence-electron chi connectivity index (χ4n) is 3.64. The van der Waals surface area contributed by atoms with Gasteiger partial charge in [0.15, 0.2) is 11.2 Å². The van der Waals surface area contributed by atoms with Crippen LogP contribution in [0.1, 0.15) is 22.5 Å². The fraction of sp³-hybridized carbons (Fsp3) is 0.273. The number of amides is 1. The summed E-state index contributed by atoms with van der Waals surface area (Å²) in [6.07, 6.45) is 0.873. The lowest BCUT2D eigenvalue weighted by molar-refractivity contribution is 0.0735. The van der Waals surface area contributed by atoms with Gasteiger partial charge in [0, 0.05) is 37.9 Å². The third-order valence-electron chi connectivity index (χ3n) is 5.08. The number of anilines is 1. The number of aryl methyl sites for hydroxylation is 1. The van der Waals surface area contributed by atoms with Crippen molar-refractivity contribution in [2.24, 2.45) is 0 Å². The van der Waals surface area contributed by atoms with E-state index in [0.717, 1.165) is 19.5 Å². The van der Waals surface area contributed by atoms with Crippen molar-refractivity contribution in [1.29, 1.82) is 0 Å². The summed E-state index contributed by atoms with van der Waals surface area (Å²) in [4.78, 5) is 29.3.